The van der Waals surface area contributed by atoms with Crippen LogP contribution in [0.2, 0.25) is 0 Å². The fourth-order valence-electron chi connectivity index (χ4n) is 2.36. The lowest BCUT2D eigenvalue weighted by molar-refractivity contribution is 0.102. The van der Waals surface area contributed by atoms with Gasteiger partial charge in [-0.3, -0.25) is 4.79 Å². The van der Waals surface area contributed by atoms with Crippen LogP contribution in [0.4, 0.5) is 5.69 Å². The number of hydrogen-bond acceptors (Lipinski definition) is 3. The number of carbonyl (C=O) groups excluding carboxylic acids is 1. The maximum atomic E-state index is 12.4. The molecule has 0 spiro atoms. The van der Waals surface area contributed by atoms with E-state index in [-0.39, 0.29) is 12.5 Å². The minimum Gasteiger partial charge on any atom is -0.392 e. The first-order valence-electron chi connectivity index (χ1n) is 7.30. The second-order valence-electron chi connectivity index (χ2n) is 5.23. The third-order valence-corrected chi connectivity index (χ3v) is 3.49. The first-order valence-corrected chi connectivity index (χ1v) is 7.30. The number of nitrogens with zero attached hydrogens (tertiary/aromatic N) is 2. The highest BCUT2D eigenvalue weighted by atomic mass is 16.3. The number of carbonyl (C=O) groups is 1. The fourth-order valence-corrected chi connectivity index (χ4v) is 2.36. The number of nitrogens with one attached hydrogen (secondary N) is 1. The topological polar surface area (TPSA) is 67.2 Å². The van der Waals surface area contributed by atoms with Crippen LogP contribution in [-0.4, -0.2) is 20.8 Å². The molecule has 2 N–H and O–H groups in total. The van der Waals surface area contributed by atoms with Gasteiger partial charge in [0.2, 0.25) is 0 Å². The minimum atomic E-state index is -0.280. The van der Waals surface area contributed by atoms with E-state index in [0.29, 0.717) is 11.4 Å². The van der Waals surface area contributed by atoms with E-state index in [1.165, 1.54) is 0 Å². The maximum absolute atomic E-state index is 12.4. The molecule has 0 aliphatic heterocycles. The molecule has 1 amide bonds. The number of aromatic nitrogens is 2. The molecule has 1 aromatic heterocycles. The van der Waals surface area contributed by atoms with Crippen LogP contribution in [0.5, 0.6) is 0 Å². The van der Waals surface area contributed by atoms with Crippen LogP contribution < -0.4 is 5.32 Å². The average Bonchev–Trinajstić information content (AvgIpc) is 2.98. The van der Waals surface area contributed by atoms with Crippen LogP contribution in [0.1, 0.15) is 21.7 Å². The van der Waals surface area contributed by atoms with Gasteiger partial charge in [0.25, 0.3) is 5.91 Å². The van der Waals surface area contributed by atoms with Crippen LogP contribution >= 0.6 is 0 Å². The van der Waals surface area contributed by atoms with Gasteiger partial charge in [0.15, 0.2) is 5.69 Å². The number of rotatable bonds is 4. The van der Waals surface area contributed by atoms with E-state index in [1.807, 2.05) is 37.3 Å². The van der Waals surface area contributed by atoms with E-state index >= 15 is 0 Å². The van der Waals surface area contributed by atoms with Crippen molar-refractivity contribution in [1.82, 2.24) is 9.78 Å². The molecule has 0 atom stereocenters. The summed E-state index contributed by atoms with van der Waals surface area (Å²) in [7, 11) is 0. The zero-order chi connectivity index (χ0) is 16.2. The molecule has 0 fully saturated rings. The first kappa shape index (κ1) is 15.0. The van der Waals surface area contributed by atoms with E-state index in [4.69, 9.17) is 5.11 Å². The number of aryl methyl sites for hydroxylation is 1. The molecule has 3 aromatic rings. The molecule has 0 saturated carbocycles. The van der Waals surface area contributed by atoms with Gasteiger partial charge in [-0.2, -0.15) is 5.10 Å². The lowest BCUT2D eigenvalue weighted by Crippen LogP contribution is -2.13. The van der Waals surface area contributed by atoms with Crippen LogP contribution in [-0.2, 0) is 6.61 Å². The van der Waals surface area contributed by atoms with E-state index in [2.05, 4.69) is 10.4 Å². The molecule has 3 rings (SSSR count). The molecule has 0 unspecified atom stereocenters. The Morgan fingerprint density at radius 2 is 1.91 bits per heavy atom. The summed E-state index contributed by atoms with van der Waals surface area (Å²) in [6.07, 6.45) is 0. The third-order valence-electron chi connectivity index (χ3n) is 3.49. The van der Waals surface area contributed by atoms with Crippen LogP contribution in [0, 0.1) is 6.92 Å². The molecule has 5 nitrogen and oxygen atoms in total. The Morgan fingerprint density at radius 1 is 1.13 bits per heavy atom. The Bertz CT molecular complexity index is 825. The molecule has 0 radical (unpaired) electrons. The average molecular weight is 307 g/mol. The molecule has 2 aromatic carbocycles. The molecular weight excluding hydrogens is 290 g/mol. The lowest BCUT2D eigenvalue weighted by atomic mass is 10.2. The normalized spacial score (nSPS) is 10.5. The van der Waals surface area contributed by atoms with Crippen LogP contribution in [0.3, 0.4) is 0 Å². The summed E-state index contributed by atoms with van der Waals surface area (Å²) >= 11 is 0. The highest BCUT2D eigenvalue weighted by Crippen LogP contribution is 2.15. The molecule has 0 aliphatic carbocycles. The highest BCUT2D eigenvalue weighted by molar-refractivity contribution is 6.03. The van der Waals surface area contributed by atoms with Crippen molar-refractivity contribution in [2.45, 2.75) is 13.5 Å². The second-order valence-corrected chi connectivity index (χ2v) is 5.23. The molecule has 0 saturated heterocycles. The Hall–Kier alpha value is -2.92. The molecule has 0 aliphatic rings. The Morgan fingerprint density at radius 3 is 2.65 bits per heavy atom. The lowest BCUT2D eigenvalue weighted by Gasteiger charge is -2.05. The standard InChI is InChI=1S/C18H17N3O2/c1-13-10-17(20-21(13)16-8-3-2-4-9-16)18(23)19-15-7-5-6-14(11-15)12-22/h2-11,22H,12H2,1H3,(H,19,23). The predicted molar refractivity (Wildman–Crippen MR) is 88.6 cm³/mol. The summed E-state index contributed by atoms with van der Waals surface area (Å²) < 4.78 is 1.74. The van der Waals surface area contributed by atoms with Crippen molar-refractivity contribution in [2.75, 3.05) is 5.32 Å². The van der Waals surface area contributed by atoms with Gasteiger partial charge in [-0.25, -0.2) is 4.68 Å². The summed E-state index contributed by atoms with van der Waals surface area (Å²) in [4.78, 5) is 12.4. The maximum Gasteiger partial charge on any atom is 0.276 e. The SMILES string of the molecule is Cc1cc(C(=O)Nc2cccc(CO)c2)nn1-c1ccccc1. The summed E-state index contributed by atoms with van der Waals surface area (Å²) in [5.74, 6) is -0.280. The highest BCUT2D eigenvalue weighted by Gasteiger charge is 2.13. The van der Waals surface area contributed by atoms with Gasteiger partial charge in [0.05, 0.1) is 12.3 Å². The molecular formula is C18H17N3O2. The van der Waals surface area contributed by atoms with Gasteiger partial charge in [-0.05, 0) is 42.8 Å². The largest absolute Gasteiger partial charge is 0.392 e. The molecule has 116 valence electrons. The number of aliphatic hydroxyl groups excluding tert-OH is 1. The number of benzene rings is 2. The summed E-state index contributed by atoms with van der Waals surface area (Å²) in [6.45, 7) is 1.84. The summed E-state index contributed by atoms with van der Waals surface area (Å²) in [5, 5.41) is 16.3. The van der Waals surface area contributed by atoms with Crippen molar-refractivity contribution in [3.63, 3.8) is 0 Å². The van der Waals surface area contributed by atoms with Gasteiger partial charge in [0, 0.05) is 11.4 Å². The van der Waals surface area contributed by atoms with Crippen molar-refractivity contribution in [2.24, 2.45) is 0 Å². The van der Waals surface area contributed by atoms with Gasteiger partial charge in [-0.1, -0.05) is 30.3 Å². The van der Waals surface area contributed by atoms with Crippen molar-refractivity contribution in [3.8, 4) is 5.69 Å². The summed E-state index contributed by atoms with van der Waals surface area (Å²) in [6, 6.07) is 18.5. The molecule has 23 heavy (non-hydrogen) atoms. The molecule has 5 heteroatoms. The van der Waals surface area contributed by atoms with Gasteiger partial charge >= 0.3 is 0 Å². The van der Waals surface area contributed by atoms with Crippen molar-refractivity contribution < 1.29 is 9.90 Å². The molecule has 0 bridgehead atoms. The van der Waals surface area contributed by atoms with Crippen molar-refractivity contribution >= 4 is 11.6 Å². The first-order chi connectivity index (χ1) is 11.2. The zero-order valence-corrected chi connectivity index (χ0v) is 12.7. The minimum absolute atomic E-state index is 0.0640. The third kappa shape index (κ3) is 3.30. The monoisotopic (exact) mass is 307 g/mol. The summed E-state index contributed by atoms with van der Waals surface area (Å²) in [5.41, 5.74) is 3.51. The number of aliphatic hydroxyl groups is 1. The number of anilines is 1. The van der Waals surface area contributed by atoms with Gasteiger partial charge < -0.3 is 10.4 Å². The Labute approximate surface area is 134 Å². The van der Waals surface area contributed by atoms with Crippen molar-refractivity contribution in [3.05, 3.63) is 77.6 Å². The Balaban J connectivity index is 1.83. The number of amides is 1. The predicted octanol–water partition coefficient (Wildman–Crippen LogP) is 2.93. The van der Waals surface area contributed by atoms with Gasteiger partial charge in [-0.15, -0.1) is 0 Å². The second kappa shape index (κ2) is 6.46. The fraction of sp³-hybridized carbons (Fsp3) is 0.111. The number of para-hydroxylation sites is 1. The van der Waals surface area contributed by atoms with E-state index in [0.717, 1.165) is 16.9 Å². The van der Waals surface area contributed by atoms with E-state index < -0.39 is 0 Å². The van der Waals surface area contributed by atoms with E-state index in [1.54, 1.807) is 35.0 Å². The molecule has 1 heterocycles. The van der Waals surface area contributed by atoms with Crippen LogP contribution in [0.15, 0.2) is 60.7 Å². The number of hydrogen-bond donors (Lipinski definition) is 2. The Kier molecular flexibility index (Phi) is 4.21. The van der Waals surface area contributed by atoms with Crippen molar-refractivity contribution in [1.29, 1.82) is 0 Å². The zero-order valence-electron chi connectivity index (χ0n) is 12.7. The quantitative estimate of drug-likeness (QED) is 0.779. The van der Waals surface area contributed by atoms with E-state index in [9.17, 15) is 4.79 Å². The van der Waals surface area contributed by atoms with Crippen LogP contribution in [0.25, 0.3) is 5.69 Å². The smallest absolute Gasteiger partial charge is 0.276 e. The van der Waals surface area contributed by atoms with Gasteiger partial charge in [0.1, 0.15) is 0 Å².